The van der Waals surface area contributed by atoms with Crippen LogP contribution in [0.2, 0.25) is 0 Å². The lowest BCUT2D eigenvalue weighted by molar-refractivity contribution is -0.131. The normalized spacial score (nSPS) is 17.8. The maximum absolute atomic E-state index is 12.7. The summed E-state index contributed by atoms with van der Waals surface area (Å²) in [5, 5.41) is 4.12. The fraction of sp³-hybridized carbons (Fsp3) is 0.500. The van der Waals surface area contributed by atoms with Gasteiger partial charge in [0.15, 0.2) is 0 Å². The molecular formula is C18H24N4OS. The third kappa shape index (κ3) is 3.75. The van der Waals surface area contributed by atoms with Crippen LogP contribution < -0.4 is 5.32 Å². The molecule has 0 unspecified atom stereocenters. The van der Waals surface area contributed by atoms with Gasteiger partial charge < -0.3 is 10.2 Å². The van der Waals surface area contributed by atoms with E-state index in [1.165, 1.54) is 5.56 Å². The Kier molecular flexibility index (Phi) is 5.14. The summed E-state index contributed by atoms with van der Waals surface area (Å²) in [7, 11) is 1.88. The molecule has 24 heavy (non-hydrogen) atoms. The molecule has 5 nitrogen and oxygen atoms in total. The summed E-state index contributed by atoms with van der Waals surface area (Å²) in [6.07, 6.45) is 4.48. The van der Waals surface area contributed by atoms with Crippen LogP contribution in [0.25, 0.3) is 0 Å². The van der Waals surface area contributed by atoms with Crippen molar-refractivity contribution in [2.45, 2.75) is 39.0 Å². The van der Waals surface area contributed by atoms with E-state index in [9.17, 15) is 4.79 Å². The SMILES string of the molecule is CNc1cc([C@H]2CCCN(C(=O)Cc3sc(C)nc3C)C2)ccn1. The minimum Gasteiger partial charge on any atom is -0.373 e. The molecule has 1 amide bonds. The van der Waals surface area contributed by atoms with Gasteiger partial charge in [-0.25, -0.2) is 9.97 Å². The van der Waals surface area contributed by atoms with Gasteiger partial charge in [0.1, 0.15) is 5.82 Å². The zero-order chi connectivity index (χ0) is 17.1. The number of thiazole rings is 1. The highest BCUT2D eigenvalue weighted by Crippen LogP contribution is 2.28. The van der Waals surface area contributed by atoms with Crippen LogP contribution >= 0.6 is 11.3 Å². The van der Waals surface area contributed by atoms with E-state index in [-0.39, 0.29) is 5.91 Å². The fourth-order valence-electron chi connectivity index (χ4n) is 3.30. The van der Waals surface area contributed by atoms with Crippen LogP contribution in [0.5, 0.6) is 0 Å². The molecule has 1 saturated heterocycles. The molecule has 0 aromatic carbocycles. The van der Waals surface area contributed by atoms with E-state index in [4.69, 9.17) is 0 Å². The van der Waals surface area contributed by atoms with Crippen molar-refractivity contribution in [3.8, 4) is 0 Å². The van der Waals surface area contributed by atoms with Gasteiger partial charge in [0.25, 0.3) is 0 Å². The Balaban J connectivity index is 1.68. The second-order valence-corrected chi connectivity index (χ2v) is 7.61. The van der Waals surface area contributed by atoms with Gasteiger partial charge in [-0.3, -0.25) is 4.79 Å². The zero-order valence-corrected chi connectivity index (χ0v) is 15.3. The number of hydrogen-bond donors (Lipinski definition) is 1. The largest absolute Gasteiger partial charge is 0.373 e. The first kappa shape index (κ1) is 16.9. The number of carbonyl (C=O) groups is 1. The molecule has 3 heterocycles. The van der Waals surface area contributed by atoms with Gasteiger partial charge in [0.05, 0.1) is 17.1 Å². The lowest BCUT2D eigenvalue weighted by atomic mass is 9.91. The Bertz CT molecular complexity index is 728. The minimum atomic E-state index is 0.217. The van der Waals surface area contributed by atoms with Crippen LogP contribution in [0.1, 0.15) is 39.9 Å². The molecule has 3 rings (SSSR count). The monoisotopic (exact) mass is 344 g/mol. The lowest BCUT2D eigenvalue weighted by Crippen LogP contribution is -2.39. The first-order valence-corrected chi connectivity index (χ1v) is 9.23. The predicted octanol–water partition coefficient (Wildman–Crippen LogP) is 3.15. The molecule has 1 atom stereocenters. The number of piperidine rings is 1. The van der Waals surface area contributed by atoms with Crippen molar-refractivity contribution in [1.82, 2.24) is 14.9 Å². The molecule has 0 spiro atoms. The van der Waals surface area contributed by atoms with Crippen LogP contribution in [-0.2, 0) is 11.2 Å². The molecule has 0 aliphatic carbocycles. The average Bonchev–Trinajstić information content (AvgIpc) is 2.92. The third-order valence-corrected chi connectivity index (χ3v) is 5.67. The van der Waals surface area contributed by atoms with Crippen molar-refractivity contribution in [2.24, 2.45) is 0 Å². The molecule has 2 aromatic rings. The van der Waals surface area contributed by atoms with Crippen LogP contribution in [-0.4, -0.2) is 40.9 Å². The number of rotatable bonds is 4. The summed E-state index contributed by atoms with van der Waals surface area (Å²) < 4.78 is 0. The van der Waals surface area contributed by atoms with Crippen molar-refractivity contribution in [3.63, 3.8) is 0 Å². The first-order valence-electron chi connectivity index (χ1n) is 8.41. The lowest BCUT2D eigenvalue weighted by Gasteiger charge is -2.33. The van der Waals surface area contributed by atoms with E-state index < -0.39 is 0 Å². The zero-order valence-electron chi connectivity index (χ0n) is 14.5. The van der Waals surface area contributed by atoms with E-state index in [0.29, 0.717) is 12.3 Å². The van der Waals surface area contributed by atoms with E-state index in [0.717, 1.165) is 47.3 Å². The van der Waals surface area contributed by atoms with Crippen LogP contribution in [0.15, 0.2) is 18.3 Å². The van der Waals surface area contributed by atoms with E-state index in [1.54, 1.807) is 11.3 Å². The van der Waals surface area contributed by atoms with Gasteiger partial charge >= 0.3 is 0 Å². The summed E-state index contributed by atoms with van der Waals surface area (Å²) in [6.45, 7) is 5.63. The number of pyridine rings is 1. The van der Waals surface area contributed by atoms with Gasteiger partial charge in [0.2, 0.25) is 5.91 Å². The molecule has 1 fully saturated rings. The van der Waals surface area contributed by atoms with Crippen molar-refractivity contribution in [3.05, 3.63) is 39.5 Å². The maximum Gasteiger partial charge on any atom is 0.227 e. The average molecular weight is 344 g/mol. The molecule has 1 aliphatic heterocycles. The molecule has 1 aliphatic rings. The van der Waals surface area contributed by atoms with Gasteiger partial charge in [-0.2, -0.15) is 0 Å². The van der Waals surface area contributed by atoms with Crippen molar-refractivity contribution in [2.75, 3.05) is 25.5 Å². The quantitative estimate of drug-likeness (QED) is 0.926. The Morgan fingerprint density at radius 2 is 2.29 bits per heavy atom. The number of amides is 1. The van der Waals surface area contributed by atoms with E-state index in [1.807, 2.05) is 32.0 Å². The fourth-order valence-corrected chi connectivity index (χ4v) is 4.23. The van der Waals surface area contributed by atoms with Gasteiger partial charge in [0, 0.05) is 37.1 Å². The molecule has 128 valence electrons. The number of carbonyl (C=O) groups excluding carboxylic acids is 1. The van der Waals surface area contributed by atoms with Crippen LogP contribution in [0, 0.1) is 13.8 Å². The standard InChI is InChI=1S/C18H24N4OS/c1-12-16(24-13(2)21-12)10-18(23)22-8-4-5-15(11-22)14-6-7-20-17(9-14)19-3/h6-7,9,15H,4-5,8,10-11H2,1-3H3,(H,19,20)/t15-/m0/s1. The predicted molar refractivity (Wildman–Crippen MR) is 97.6 cm³/mol. The molecule has 0 bridgehead atoms. The summed E-state index contributed by atoms with van der Waals surface area (Å²) >= 11 is 1.63. The van der Waals surface area contributed by atoms with Crippen LogP contribution in [0.3, 0.4) is 0 Å². The molecule has 6 heteroatoms. The summed E-state index contributed by atoms with van der Waals surface area (Å²) in [4.78, 5) is 24.5. The molecule has 2 aromatic heterocycles. The highest BCUT2D eigenvalue weighted by atomic mass is 32.1. The topological polar surface area (TPSA) is 58.1 Å². The van der Waals surface area contributed by atoms with Crippen molar-refractivity contribution >= 4 is 23.1 Å². The summed E-state index contributed by atoms with van der Waals surface area (Å²) in [5.41, 5.74) is 2.25. The number of aryl methyl sites for hydroxylation is 2. The van der Waals surface area contributed by atoms with Gasteiger partial charge in [-0.15, -0.1) is 11.3 Å². The Labute approximate surface area is 147 Å². The number of anilines is 1. The van der Waals surface area contributed by atoms with Crippen LogP contribution in [0.4, 0.5) is 5.82 Å². The van der Waals surface area contributed by atoms with Crippen molar-refractivity contribution < 1.29 is 4.79 Å². The first-order chi connectivity index (χ1) is 11.6. The Hall–Kier alpha value is -1.95. The minimum absolute atomic E-state index is 0.217. The molecule has 0 saturated carbocycles. The second-order valence-electron chi connectivity index (χ2n) is 6.32. The number of hydrogen-bond acceptors (Lipinski definition) is 5. The summed E-state index contributed by atoms with van der Waals surface area (Å²) in [6, 6.07) is 4.16. The highest BCUT2D eigenvalue weighted by molar-refractivity contribution is 7.11. The smallest absolute Gasteiger partial charge is 0.227 e. The third-order valence-electron chi connectivity index (χ3n) is 4.60. The highest BCUT2D eigenvalue weighted by Gasteiger charge is 2.25. The number of nitrogens with zero attached hydrogens (tertiary/aromatic N) is 3. The molecule has 1 N–H and O–H groups in total. The summed E-state index contributed by atoms with van der Waals surface area (Å²) in [5.74, 6) is 1.49. The number of nitrogens with one attached hydrogen (secondary N) is 1. The van der Waals surface area contributed by atoms with Gasteiger partial charge in [-0.1, -0.05) is 0 Å². The van der Waals surface area contributed by atoms with E-state index >= 15 is 0 Å². The second kappa shape index (κ2) is 7.30. The molecule has 0 radical (unpaired) electrons. The number of aromatic nitrogens is 2. The van der Waals surface area contributed by atoms with Crippen molar-refractivity contribution in [1.29, 1.82) is 0 Å². The Morgan fingerprint density at radius 3 is 3.00 bits per heavy atom. The number of likely N-dealkylation sites (tertiary alicyclic amines) is 1. The molecular weight excluding hydrogens is 320 g/mol. The van der Waals surface area contributed by atoms with Gasteiger partial charge in [-0.05, 0) is 44.4 Å². The Morgan fingerprint density at radius 1 is 1.46 bits per heavy atom. The maximum atomic E-state index is 12.7. The van der Waals surface area contributed by atoms with E-state index in [2.05, 4.69) is 27.4 Å².